The predicted molar refractivity (Wildman–Crippen MR) is 58.8 cm³/mol. The Morgan fingerprint density at radius 2 is 2.07 bits per heavy atom. The third-order valence-corrected chi connectivity index (χ3v) is 1.73. The van der Waals surface area contributed by atoms with E-state index in [2.05, 4.69) is 37.3 Å². The molecule has 14 heavy (non-hydrogen) atoms. The molecule has 0 N–H and O–H groups in total. The van der Waals surface area contributed by atoms with Crippen molar-refractivity contribution in [3.63, 3.8) is 0 Å². The van der Waals surface area contributed by atoms with Gasteiger partial charge in [0.1, 0.15) is 0 Å². The van der Waals surface area contributed by atoms with Crippen molar-refractivity contribution in [2.75, 3.05) is 0 Å². The molecule has 0 saturated heterocycles. The summed E-state index contributed by atoms with van der Waals surface area (Å²) in [6.07, 6.45) is 19.7. The summed E-state index contributed by atoms with van der Waals surface area (Å²) in [6, 6.07) is 0. The smallest absolute Gasteiger partial charge is 0.358 e. The minimum Gasteiger partial charge on any atom is -0.358 e. The molecule has 2 rings (SSSR count). The van der Waals surface area contributed by atoms with E-state index in [-0.39, 0.29) is 33.6 Å². The molecule has 0 fully saturated rings. The van der Waals surface area contributed by atoms with Gasteiger partial charge >= 0.3 is 26.2 Å². The molecule has 2 aliphatic carbocycles. The fraction of sp³-hybridized carbons (Fsp3) is 0.308. The average Bonchev–Trinajstić information content (AvgIpc) is 2.81. The first-order valence-electron chi connectivity index (χ1n) is 4.41. The zero-order valence-electron chi connectivity index (χ0n) is 9.01. The van der Waals surface area contributed by atoms with Crippen molar-refractivity contribution in [2.45, 2.75) is 26.2 Å². The van der Waals surface area contributed by atoms with Gasteiger partial charge in [0, 0.05) is 0 Å². The summed E-state index contributed by atoms with van der Waals surface area (Å²) in [7, 11) is 0. The third kappa shape index (κ3) is 7.27. The molecule has 0 aromatic heterocycles. The fourth-order valence-electron chi connectivity index (χ4n) is 1.03. The molecule has 73 valence electrons. The Balaban J connectivity index is 0. The van der Waals surface area contributed by atoms with E-state index < -0.39 is 0 Å². The maximum Gasteiger partial charge on any atom is 3.00 e. The van der Waals surface area contributed by atoms with Gasteiger partial charge in [-0.3, -0.25) is 12.2 Å². The van der Waals surface area contributed by atoms with Crippen LogP contribution >= 0.6 is 0 Å². The van der Waals surface area contributed by atoms with E-state index in [1.807, 2.05) is 12.2 Å². The molecule has 1 radical (unpaired) electrons. The molecule has 2 aliphatic rings. The van der Waals surface area contributed by atoms with E-state index in [1.165, 1.54) is 5.57 Å². The Labute approximate surface area is 108 Å². The van der Waals surface area contributed by atoms with E-state index in [1.54, 1.807) is 0 Å². The van der Waals surface area contributed by atoms with Crippen molar-refractivity contribution in [2.24, 2.45) is 0 Å². The monoisotopic (exact) mass is 263 g/mol. The summed E-state index contributed by atoms with van der Waals surface area (Å²) in [4.78, 5) is 0. The third-order valence-electron chi connectivity index (χ3n) is 1.73. The number of rotatable bonds is 1. The van der Waals surface area contributed by atoms with Gasteiger partial charge in [-0.2, -0.15) is 12.2 Å². The first kappa shape index (κ1) is 16.3. The van der Waals surface area contributed by atoms with Gasteiger partial charge in [0.15, 0.2) is 0 Å². The Kier molecular flexibility index (Phi) is 12.7. The Hall–Kier alpha value is -0.157. The molecule has 0 saturated carbocycles. The van der Waals surface area contributed by atoms with Crippen LogP contribution in [0.25, 0.3) is 0 Å². The van der Waals surface area contributed by atoms with Crippen LogP contribution in [0.1, 0.15) is 26.2 Å². The summed E-state index contributed by atoms with van der Waals surface area (Å²) in [5.41, 5.74) is 1.36. The van der Waals surface area contributed by atoms with Gasteiger partial charge in [-0.25, -0.2) is 23.8 Å². The Morgan fingerprint density at radius 3 is 2.29 bits per heavy atom. The largest absolute Gasteiger partial charge is 3.00 e. The fourth-order valence-corrected chi connectivity index (χ4v) is 1.03. The van der Waals surface area contributed by atoms with Crippen LogP contribution in [-0.4, -0.2) is 0 Å². The van der Waals surface area contributed by atoms with Crippen LogP contribution in [-0.2, 0) is 26.2 Å². The minimum atomic E-state index is 0. The van der Waals surface area contributed by atoms with Crippen LogP contribution in [0.2, 0.25) is 0 Å². The quantitative estimate of drug-likeness (QED) is 0.631. The van der Waals surface area contributed by atoms with Crippen LogP contribution in [0.3, 0.4) is 0 Å². The summed E-state index contributed by atoms with van der Waals surface area (Å²) in [6.45, 7) is 2.15. The maximum absolute atomic E-state index is 3.21. The van der Waals surface area contributed by atoms with Crippen molar-refractivity contribution in [1.82, 2.24) is 0 Å². The van der Waals surface area contributed by atoms with Crippen LogP contribution < -0.4 is 0 Å². The minimum absolute atomic E-state index is 0. The van der Waals surface area contributed by atoms with Gasteiger partial charge in [0.25, 0.3) is 0 Å². The second-order valence-corrected chi connectivity index (χ2v) is 2.67. The topological polar surface area (TPSA) is 0 Å². The molecule has 0 nitrogen and oxygen atoms in total. The van der Waals surface area contributed by atoms with Crippen LogP contribution in [0.5, 0.6) is 0 Å². The molecule has 0 aliphatic heterocycles. The number of hydrogen-bond acceptors (Lipinski definition) is 0. The number of hydrogen-bond donors (Lipinski definition) is 0. The first-order valence-corrected chi connectivity index (χ1v) is 4.41. The summed E-state index contributed by atoms with van der Waals surface area (Å²) in [5, 5.41) is 0. The van der Waals surface area contributed by atoms with E-state index in [0.717, 1.165) is 19.3 Å². The summed E-state index contributed by atoms with van der Waals surface area (Å²) >= 11 is 0. The van der Waals surface area contributed by atoms with E-state index in [0.29, 0.717) is 0 Å². The molecule has 0 aromatic carbocycles. The van der Waals surface area contributed by atoms with Gasteiger partial charge in [0.05, 0.1) is 0 Å². The average molecular weight is 265 g/mol. The van der Waals surface area contributed by atoms with E-state index >= 15 is 0 Å². The molecule has 0 unspecified atom stereocenters. The van der Waals surface area contributed by atoms with E-state index in [9.17, 15) is 0 Å². The molecular formula is C13H17Zr. The van der Waals surface area contributed by atoms with Crippen LogP contribution in [0.15, 0.2) is 36.0 Å². The first-order chi connectivity index (χ1) is 5.93. The zero-order chi connectivity index (χ0) is 8.65. The van der Waals surface area contributed by atoms with Gasteiger partial charge < -0.3 is 7.43 Å². The standard InChI is InChI=1S/C7H9.C5H5.CH3.Zr/c1-2-7-5-3-4-6-7;1-2-4-5-3-1;;/h3,5H,2,4H2,1H3;1-3H,4H2;1H3;/q3*-1;+3. The molecular weight excluding hydrogens is 247 g/mol. The van der Waals surface area contributed by atoms with Crippen molar-refractivity contribution in [3.05, 3.63) is 55.5 Å². The second kappa shape index (κ2) is 10.9. The van der Waals surface area contributed by atoms with Gasteiger partial charge in [-0.15, -0.1) is 12.8 Å². The second-order valence-electron chi connectivity index (χ2n) is 2.67. The predicted octanol–water partition coefficient (Wildman–Crippen LogP) is 3.84. The SMILES string of the molecule is CCC1=[C-]CC=C1.[C-]1=CC=CC1.[CH3-].[Zr+3]. The van der Waals surface area contributed by atoms with Crippen molar-refractivity contribution >= 4 is 0 Å². The van der Waals surface area contributed by atoms with Crippen molar-refractivity contribution in [3.8, 4) is 0 Å². The van der Waals surface area contributed by atoms with Gasteiger partial charge in [0.2, 0.25) is 0 Å². The van der Waals surface area contributed by atoms with E-state index in [4.69, 9.17) is 0 Å². The molecule has 0 spiro atoms. The normalized spacial score (nSPS) is 15.1. The molecule has 0 atom stereocenters. The summed E-state index contributed by atoms with van der Waals surface area (Å²) < 4.78 is 0. The Morgan fingerprint density at radius 1 is 1.29 bits per heavy atom. The summed E-state index contributed by atoms with van der Waals surface area (Å²) in [5.74, 6) is 0. The van der Waals surface area contributed by atoms with Crippen molar-refractivity contribution < 1.29 is 26.2 Å². The molecule has 1 heteroatoms. The Bertz CT molecular complexity index is 222. The molecule has 0 aromatic rings. The number of allylic oxidation sites excluding steroid dienone is 8. The van der Waals surface area contributed by atoms with Crippen LogP contribution in [0.4, 0.5) is 0 Å². The molecule has 0 bridgehead atoms. The van der Waals surface area contributed by atoms with Gasteiger partial charge in [-0.1, -0.05) is 13.3 Å². The molecule has 0 heterocycles. The van der Waals surface area contributed by atoms with Crippen LogP contribution in [0, 0.1) is 19.6 Å². The van der Waals surface area contributed by atoms with Crippen molar-refractivity contribution in [1.29, 1.82) is 0 Å². The maximum atomic E-state index is 3.21. The molecule has 0 amide bonds. The zero-order valence-corrected chi connectivity index (χ0v) is 11.5. The van der Waals surface area contributed by atoms with Gasteiger partial charge in [-0.05, 0) is 0 Å².